The molecule has 1 atom stereocenters. The van der Waals surface area contributed by atoms with Crippen LogP contribution in [0.5, 0.6) is 0 Å². The van der Waals surface area contributed by atoms with Crippen molar-refractivity contribution in [3.8, 4) is 0 Å². The van der Waals surface area contributed by atoms with Crippen LogP contribution in [0.25, 0.3) is 0 Å². The molecule has 1 aromatic rings. The van der Waals surface area contributed by atoms with E-state index in [2.05, 4.69) is 12.2 Å². The second-order valence-electron chi connectivity index (χ2n) is 3.14. The van der Waals surface area contributed by atoms with Crippen LogP contribution in [0, 0.1) is 0 Å². The van der Waals surface area contributed by atoms with E-state index in [-0.39, 0.29) is 6.10 Å². The van der Waals surface area contributed by atoms with Crippen LogP contribution in [0.3, 0.4) is 0 Å². The van der Waals surface area contributed by atoms with E-state index in [9.17, 15) is 0 Å². The molecule has 0 aliphatic carbocycles. The van der Waals surface area contributed by atoms with Crippen LogP contribution in [0.4, 0.5) is 5.69 Å². The number of rotatable bonds is 1. The summed E-state index contributed by atoms with van der Waals surface area (Å²) in [6, 6.07) is 10.1. The van der Waals surface area contributed by atoms with Crippen LogP contribution < -0.4 is 5.06 Å². The van der Waals surface area contributed by atoms with Crippen LogP contribution in [0.15, 0.2) is 42.5 Å². The van der Waals surface area contributed by atoms with Gasteiger partial charge >= 0.3 is 0 Å². The van der Waals surface area contributed by atoms with Gasteiger partial charge in [0.05, 0.1) is 12.2 Å². The van der Waals surface area contributed by atoms with Gasteiger partial charge in [-0.2, -0.15) is 0 Å². The van der Waals surface area contributed by atoms with E-state index >= 15 is 0 Å². The SMILES string of the molecule is CC1C=CCN(c2ccccc2)O1. The minimum absolute atomic E-state index is 0.175. The smallest absolute Gasteiger partial charge is 0.101 e. The van der Waals surface area contributed by atoms with Crippen molar-refractivity contribution in [2.24, 2.45) is 0 Å². The Bertz CT molecular complexity index is 294. The fraction of sp³-hybridized carbons (Fsp3) is 0.273. The van der Waals surface area contributed by atoms with E-state index in [4.69, 9.17) is 4.84 Å². The molecule has 0 spiro atoms. The van der Waals surface area contributed by atoms with Gasteiger partial charge in [0.2, 0.25) is 0 Å². The molecular formula is C11H13NO. The van der Waals surface area contributed by atoms with Gasteiger partial charge in [-0.3, -0.25) is 4.84 Å². The lowest BCUT2D eigenvalue weighted by Crippen LogP contribution is -2.31. The number of hydroxylamine groups is 1. The molecule has 1 aliphatic rings. The lowest BCUT2D eigenvalue weighted by atomic mass is 10.3. The second kappa shape index (κ2) is 3.62. The first-order valence-electron chi connectivity index (χ1n) is 4.52. The zero-order valence-electron chi connectivity index (χ0n) is 7.68. The van der Waals surface area contributed by atoms with Crippen molar-refractivity contribution in [1.82, 2.24) is 0 Å². The third kappa shape index (κ3) is 1.90. The van der Waals surface area contributed by atoms with Gasteiger partial charge in [0, 0.05) is 0 Å². The summed E-state index contributed by atoms with van der Waals surface area (Å²) in [5.74, 6) is 0. The lowest BCUT2D eigenvalue weighted by molar-refractivity contribution is 0.0705. The molecule has 1 aromatic carbocycles. The van der Waals surface area contributed by atoms with Crippen molar-refractivity contribution in [2.75, 3.05) is 11.6 Å². The maximum Gasteiger partial charge on any atom is 0.101 e. The van der Waals surface area contributed by atoms with Gasteiger partial charge in [-0.15, -0.1) is 0 Å². The van der Waals surface area contributed by atoms with Gasteiger partial charge < -0.3 is 0 Å². The molecule has 0 fully saturated rings. The molecule has 0 saturated heterocycles. The highest BCUT2D eigenvalue weighted by Gasteiger charge is 2.11. The molecule has 2 heteroatoms. The molecule has 0 bridgehead atoms. The van der Waals surface area contributed by atoms with Crippen molar-refractivity contribution >= 4 is 5.69 Å². The summed E-state index contributed by atoms with van der Waals surface area (Å²) in [5.41, 5.74) is 1.11. The Balaban J connectivity index is 2.15. The van der Waals surface area contributed by atoms with Gasteiger partial charge in [0.25, 0.3) is 0 Å². The Kier molecular flexibility index (Phi) is 2.32. The average Bonchev–Trinajstić information content (AvgIpc) is 2.19. The van der Waals surface area contributed by atoms with Gasteiger partial charge in [0.1, 0.15) is 6.10 Å². The molecule has 68 valence electrons. The zero-order chi connectivity index (χ0) is 9.10. The minimum Gasteiger partial charge on any atom is -0.266 e. The first kappa shape index (κ1) is 8.32. The zero-order valence-corrected chi connectivity index (χ0v) is 7.68. The van der Waals surface area contributed by atoms with Crippen molar-refractivity contribution in [3.05, 3.63) is 42.5 Å². The molecular weight excluding hydrogens is 162 g/mol. The summed E-state index contributed by atoms with van der Waals surface area (Å²) >= 11 is 0. The van der Waals surface area contributed by atoms with Crippen LogP contribution in [0.1, 0.15) is 6.92 Å². The molecule has 2 rings (SSSR count). The van der Waals surface area contributed by atoms with Gasteiger partial charge in [-0.05, 0) is 19.1 Å². The van der Waals surface area contributed by atoms with E-state index in [1.807, 2.05) is 42.3 Å². The fourth-order valence-electron chi connectivity index (χ4n) is 1.39. The Morgan fingerprint density at radius 1 is 1.31 bits per heavy atom. The monoisotopic (exact) mass is 175 g/mol. The number of anilines is 1. The van der Waals surface area contributed by atoms with E-state index in [1.165, 1.54) is 0 Å². The van der Waals surface area contributed by atoms with Crippen molar-refractivity contribution in [1.29, 1.82) is 0 Å². The Morgan fingerprint density at radius 2 is 2.08 bits per heavy atom. The molecule has 1 unspecified atom stereocenters. The number of hydrogen-bond donors (Lipinski definition) is 0. The molecule has 0 radical (unpaired) electrons. The highest BCUT2D eigenvalue weighted by Crippen LogP contribution is 2.17. The standard InChI is InChI=1S/C11H13NO/c1-10-6-5-9-12(13-10)11-7-3-2-4-8-11/h2-8,10H,9H2,1H3. The molecule has 13 heavy (non-hydrogen) atoms. The fourth-order valence-corrected chi connectivity index (χ4v) is 1.39. The van der Waals surface area contributed by atoms with Crippen LogP contribution >= 0.6 is 0 Å². The van der Waals surface area contributed by atoms with Gasteiger partial charge in [-0.1, -0.05) is 30.4 Å². The Labute approximate surface area is 78.4 Å². The van der Waals surface area contributed by atoms with E-state index in [0.29, 0.717) is 0 Å². The third-order valence-electron chi connectivity index (χ3n) is 2.02. The lowest BCUT2D eigenvalue weighted by Gasteiger charge is -2.28. The predicted molar refractivity (Wildman–Crippen MR) is 53.5 cm³/mol. The molecule has 1 aliphatic heterocycles. The number of para-hydroxylation sites is 1. The largest absolute Gasteiger partial charge is 0.266 e. The highest BCUT2D eigenvalue weighted by molar-refractivity contribution is 5.44. The Morgan fingerprint density at radius 3 is 2.77 bits per heavy atom. The first-order valence-corrected chi connectivity index (χ1v) is 4.52. The summed E-state index contributed by atoms with van der Waals surface area (Å²) < 4.78 is 0. The number of benzene rings is 1. The topological polar surface area (TPSA) is 12.5 Å². The quantitative estimate of drug-likeness (QED) is 0.608. The summed E-state index contributed by atoms with van der Waals surface area (Å²) in [5, 5.41) is 1.91. The van der Waals surface area contributed by atoms with Gasteiger partial charge in [-0.25, -0.2) is 5.06 Å². The maximum absolute atomic E-state index is 5.62. The molecule has 0 aromatic heterocycles. The predicted octanol–water partition coefficient (Wildman–Crippen LogP) is 2.38. The highest BCUT2D eigenvalue weighted by atomic mass is 16.7. The molecule has 0 N–H and O–H groups in total. The number of hydrogen-bond acceptors (Lipinski definition) is 2. The van der Waals surface area contributed by atoms with Crippen LogP contribution in [-0.2, 0) is 4.84 Å². The number of nitrogens with zero attached hydrogens (tertiary/aromatic N) is 1. The summed E-state index contributed by atoms with van der Waals surface area (Å²) in [4.78, 5) is 5.62. The van der Waals surface area contributed by atoms with Crippen LogP contribution in [0.2, 0.25) is 0 Å². The van der Waals surface area contributed by atoms with Crippen molar-refractivity contribution < 1.29 is 4.84 Å². The maximum atomic E-state index is 5.62. The molecule has 1 heterocycles. The molecule has 2 nitrogen and oxygen atoms in total. The Hall–Kier alpha value is -1.28. The van der Waals surface area contributed by atoms with E-state index in [0.717, 1.165) is 12.2 Å². The van der Waals surface area contributed by atoms with E-state index in [1.54, 1.807) is 0 Å². The third-order valence-corrected chi connectivity index (χ3v) is 2.02. The summed E-state index contributed by atoms with van der Waals surface area (Å²) in [7, 11) is 0. The minimum atomic E-state index is 0.175. The van der Waals surface area contributed by atoms with Crippen LogP contribution in [-0.4, -0.2) is 12.6 Å². The average molecular weight is 175 g/mol. The molecule has 0 amide bonds. The summed E-state index contributed by atoms with van der Waals surface area (Å²) in [6.45, 7) is 2.86. The normalized spacial score (nSPS) is 21.9. The van der Waals surface area contributed by atoms with Crippen molar-refractivity contribution in [3.63, 3.8) is 0 Å². The van der Waals surface area contributed by atoms with E-state index < -0.39 is 0 Å². The summed E-state index contributed by atoms with van der Waals surface area (Å²) in [6.07, 6.45) is 4.37. The first-order chi connectivity index (χ1) is 6.36. The van der Waals surface area contributed by atoms with Gasteiger partial charge in [0.15, 0.2) is 0 Å². The second-order valence-corrected chi connectivity index (χ2v) is 3.14. The van der Waals surface area contributed by atoms with Crippen molar-refractivity contribution in [2.45, 2.75) is 13.0 Å². The molecule has 0 saturated carbocycles.